The van der Waals surface area contributed by atoms with E-state index >= 15 is 0 Å². The number of halogens is 1. The van der Waals surface area contributed by atoms with E-state index in [9.17, 15) is 0 Å². The smallest absolute Gasteiger partial charge is 0.244 e. The molecule has 2 aromatic rings. The molecule has 3 heterocycles. The summed E-state index contributed by atoms with van der Waals surface area (Å²) in [5.41, 5.74) is 0.859. The third kappa shape index (κ3) is 2.91. The second-order valence-corrected chi connectivity index (χ2v) is 6.07. The molecule has 1 fully saturated rings. The van der Waals surface area contributed by atoms with E-state index in [2.05, 4.69) is 43.3 Å². The van der Waals surface area contributed by atoms with E-state index in [1.54, 1.807) is 12.4 Å². The molecule has 1 N–H and O–H groups in total. The zero-order chi connectivity index (χ0) is 13.9. The zero-order valence-electron chi connectivity index (χ0n) is 11.3. The first kappa shape index (κ1) is 13.7. The molecule has 1 aliphatic heterocycles. The van der Waals surface area contributed by atoms with Crippen molar-refractivity contribution < 1.29 is 4.52 Å². The van der Waals surface area contributed by atoms with Crippen molar-refractivity contribution in [2.75, 3.05) is 6.54 Å². The molecule has 1 saturated heterocycles. The van der Waals surface area contributed by atoms with Crippen LogP contribution in [0.5, 0.6) is 0 Å². The van der Waals surface area contributed by atoms with Crippen molar-refractivity contribution in [1.29, 1.82) is 0 Å². The van der Waals surface area contributed by atoms with Crippen LogP contribution in [-0.2, 0) is 0 Å². The summed E-state index contributed by atoms with van der Waals surface area (Å²) in [6.07, 6.45) is 6.97. The molecule has 2 unspecified atom stereocenters. The number of hydrogen-bond acceptors (Lipinski definition) is 5. The van der Waals surface area contributed by atoms with Crippen LogP contribution in [0, 0.1) is 5.92 Å². The van der Waals surface area contributed by atoms with E-state index in [0.717, 1.165) is 28.9 Å². The van der Waals surface area contributed by atoms with Gasteiger partial charge in [0.1, 0.15) is 0 Å². The van der Waals surface area contributed by atoms with Crippen molar-refractivity contribution in [3.8, 4) is 11.4 Å². The summed E-state index contributed by atoms with van der Waals surface area (Å²) in [4.78, 5) is 8.64. The molecule has 0 bridgehead atoms. The Morgan fingerprint density at radius 3 is 3.15 bits per heavy atom. The highest BCUT2D eigenvalue weighted by Crippen LogP contribution is 2.29. The highest BCUT2D eigenvalue weighted by Gasteiger charge is 2.26. The van der Waals surface area contributed by atoms with Gasteiger partial charge in [-0.3, -0.25) is 4.98 Å². The Kier molecular flexibility index (Phi) is 4.12. The van der Waals surface area contributed by atoms with Gasteiger partial charge in [0, 0.05) is 22.4 Å². The number of rotatable bonds is 3. The van der Waals surface area contributed by atoms with E-state index in [4.69, 9.17) is 4.52 Å². The normalized spacial score (nSPS) is 22.9. The molecule has 0 amide bonds. The summed E-state index contributed by atoms with van der Waals surface area (Å²) in [6.45, 7) is 3.25. The van der Waals surface area contributed by atoms with Crippen LogP contribution in [0.25, 0.3) is 11.4 Å². The highest BCUT2D eigenvalue weighted by molar-refractivity contribution is 9.10. The molecular weight excluding hydrogens is 320 g/mol. The minimum Gasteiger partial charge on any atom is -0.337 e. The summed E-state index contributed by atoms with van der Waals surface area (Å²) >= 11 is 3.40. The maximum Gasteiger partial charge on any atom is 0.244 e. The van der Waals surface area contributed by atoms with Crippen LogP contribution in [0.15, 0.2) is 27.5 Å². The lowest BCUT2D eigenvalue weighted by Crippen LogP contribution is -2.31. The average Bonchev–Trinajstić information content (AvgIpc) is 2.97. The van der Waals surface area contributed by atoms with E-state index in [1.165, 1.54) is 12.8 Å². The van der Waals surface area contributed by atoms with E-state index in [1.807, 2.05) is 6.07 Å². The van der Waals surface area contributed by atoms with Crippen LogP contribution >= 0.6 is 15.9 Å². The number of hydrogen-bond donors (Lipinski definition) is 1. The van der Waals surface area contributed by atoms with Crippen LogP contribution in [0.4, 0.5) is 0 Å². The number of aromatic nitrogens is 3. The number of nitrogens with one attached hydrogen (secondary N) is 1. The van der Waals surface area contributed by atoms with Crippen LogP contribution in [-0.4, -0.2) is 21.7 Å². The standard InChI is InChI=1S/C14H17BrN4O/c1-2-9-3-4-17-12(5-9)14-18-13(19-20-14)10-6-11(15)8-16-7-10/h6-9,12,17H,2-5H2,1H3. The molecule has 5 nitrogen and oxygen atoms in total. The van der Waals surface area contributed by atoms with Crippen molar-refractivity contribution in [2.24, 2.45) is 5.92 Å². The third-order valence-corrected chi connectivity index (χ3v) is 4.23. The van der Waals surface area contributed by atoms with Crippen LogP contribution in [0.2, 0.25) is 0 Å². The topological polar surface area (TPSA) is 63.8 Å². The van der Waals surface area contributed by atoms with Gasteiger partial charge in [-0.2, -0.15) is 4.98 Å². The van der Waals surface area contributed by atoms with Crippen LogP contribution in [0.3, 0.4) is 0 Å². The van der Waals surface area contributed by atoms with Gasteiger partial charge >= 0.3 is 0 Å². The third-order valence-electron chi connectivity index (χ3n) is 3.79. The summed E-state index contributed by atoms with van der Waals surface area (Å²) in [5, 5.41) is 7.52. The first-order valence-corrected chi connectivity index (χ1v) is 7.73. The second kappa shape index (κ2) is 6.01. The van der Waals surface area contributed by atoms with E-state index in [0.29, 0.717) is 11.7 Å². The van der Waals surface area contributed by atoms with Gasteiger partial charge in [-0.1, -0.05) is 18.5 Å². The van der Waals surface area contributed by atoms with Gasteiger partial charge in [0.05, 0.1) is 6.04 Å². The van der Waals surface area contributed by atoms with Crippen LogP contribution < -0.4 is 5.32 Å². The van der Waals surface area contributed by atoms with Crippen molar-refractivity contribution in [3.63, 3.8) is 0 Å². The molecule has 6 heteroatoms. The largest absolute Gasteiger partial charge is 0.337 e. The summed E-state index contributed by atoms with van der Waals surface area (Å²) in [5.74, 6) is 2.01. The lowest BCUT2D eigenvalue weighted by molar-refractivity contribution is 0.246. The lowest BCUT2D eigenvalue weighted by atomic mass is 9.90. The highest BCUT2D eigenvalue weighted by atomic mass is 79.9. The minimum atomic E-state index is 0.176. The fourth-order valence-corrected chi connectivity index (χ4v) is 2.95. The van der Waals surface area contributed by atoms with E-state index < -0.39 is 0 Å². The van der Waals surface area contributed by atoms with Gasteiger partial charge in [0.15, 0.2) is 0 Å². The zero-order valence-corrected chi connectivity index (χ0v) is 12.9. The molecule has 2 atom stereocenters. The number of piperidine rings is 1. The summed E-state index contributed by atoms with van der Waals surface area (Å²) in [6, 6.07) is 2.11. The molecule has 0 spiro atoms. The van der Waals surface area contributed by atoms with Gasteiger partial charge in [0.25, 0.3) is 0 Å². The molecule has 0 saturated carbocycles. The Hall–Kier alpha value is -1.27. The van der Waals surface area contributed by atoms with Crippen molar-refractivity contribution >= 4 is 15.9 Å². The second-order valence-electron chi connectivity index (χ2n) is 5.15. The van der Waals surface area contributed by atoms with Gasteiger partial charge in [-0.05, 0) is 47.3 Å². The van der Waals surface area contributed by atoms with Crippen molar-refractivity contribution in [2.45, 2.75) is 32.2 Å². The van der Waals surface area contributed by atoms with E-state index in [-0.39, 0.29) is 6.04 Å². The van der Waals surface area contributed by atoms with Gasteiger partial charge in [-0.15, -0.1) is 0 Å². The lowest BCUT2D eigenvalue weighted by Gasteiger charge is -2.27. The summed E-state index contributed by atoms with van der Waals surface area (Å²) in [7, 11) is 0. The van der Waals surface area contributed by atoms with Crippen LogP contribution in [0.1, 0.15) is 38.1 Å². The monoisotopic (exact) mass is 336 g/mol. The fraction of sp³-hybridized carbons (Fsp3) is 0.500. The number of nitrogens with zero attached hydrogens (tertiary/aromatic N) is 3. The maximum absolute atomic E-state index is 5.42. The summed E-state index contributed by atoms with van der Waals surface area (Å²) < 4.78 is 6.33. The molecule has 1 aliphatic rings. The molecular formula is C14H17BrN4O. The molecule has 2 aromatic heterocycles. The number of pyridine rings is 1. The molecule has 0 aromatic carbocycles. The first-order chi connectivity index (χ1) is 9.76. The van der Waals surface area contributed by atoms with Crippen molar-refractivity contribution in [3.05, 3.63) is 28.8 Å². The average molecular weight is 337 g/mol. The van der Waals surface area contributed by atoms with Gasteiger partial charge in [-0.25, -0.2) is 0 Å². The Balaban J connectivity index is 1.80. The maximum atomic E-state index is 5.42. The molecule has 0 radical (unpaired) electrons. The SMILES string of the molecule is CCC1CCNC(c2nc(-c3cncc(Br)c3)no2)C1. The molecule has 0 aliphatic carbocycles. The first-order valence-electron chi connectivity index (χ1n) is 6.94. The van der Waals surface area contributed by atoms with Gasteiger partial charge < -0.3 is 9.84 Å². The molecule has 3 rings (SSSR count). The van der Waals surface area contributed by atoms with Crippen molar-refractivity contribution in [1.82, 2.24) is 20.4 Å². The Morgan fingerprint density at radius 2 is 2.35 bits per heavy atom. The predicted molar refractivity (Wildman–Crippen MR) is 79.0 cm³/mol. The Bertz CT molecular complexity index is 586. The molecule has 106 valence electrons. The molecule has 20 heavy (non-hydrogen) atoms. The minimum absolute atomic E-state index is 0.176. The predicted octanol–water partition coefficient (Wildman–Crippen LogP) is 3.34. The van der Waals surface area contributed by atoms with Gasteiger partial charge in [0.2, 0.25) is 11.7 Å². The fourth-order valence-electron chi connectivity index (χ4n) is 2.58. The quantitative estimate of drug-likeness (QED) is 0.931. The Morgan fingerprint density at radius 1 is 1.45 bits per heavy atom. The Labute approximate surface area is 126 Å².